The van der Waals surface area contributed by atoms with Gasteiger partial charge in [-0.25, -0.2) is 4.98 Å². The zero-order valence-electron chi connectivity index (χ0n) is 14.1. The Morgan fingerprint density at radius 1 is 1.43 bits per heavy atom. The van der Waals surface area contributed by atoms with E-state index in [-0.39, 0.29) is 0 Å². The zero-order valence-corrected chi connectivity index (χ0v) is 15.0. The van der Waals surface area contributed by atoms with Crippen LogP contribution in [-0.2, 0) is 16.0 Å². The van der Waals surface area contributed by atoms with Gasteiger partial charge in [0.25, 0.3) is 0 Å². The normalized spacial score (nSPS) is 16.5. The van der Waals surface area contributed by atoms with Crippen LogP contribution in [0.5, 0.6) is 0 Å². The summed E-state index contributed by atoms with van der Waals surface area (Å²) in [5.41, 5.74) is 2.96. The molecule has 6 nitrogen and oxygen atoms in total. The maximum absolute atomic E-state index is 5.76. The molecule has 0 unspecified atom stereocenters. The summed E-state index contributed by atoms with van der Waals surface area (Å²) in [6.07, 6.45) is 3.24. The Balaban J connectivity index is 1.51. The van der Waals surface area contributed by atoms with Crippen molar-refractivity contribution in [3.63, 3.8) is 0 Å². The first-order valence-corrected chi connectivity index (χ1v) is 9.16. The van der Waals surface area contributed by atoms with Crippen molar-refractivity contribution >= 4 is 17.3 Å². The van der Waals surface area contributed by atoms with Gasteiger partial charge in [0, 0.05) is 44.9 Å². The van der Waals surface area contributed by atoms with Crippen molar-refractivity contribution in [2.45, 2.75) is 32.7 Å². The van der Waals surface area contributed by atoms with Crippen molar-refractivity contribution in [3.05, 3.63) is 16.1 Å². The fraction of sp³-hybridized carbons (Fsp3) is 0.750. The third-order valence-corrected chi connectivity index (χ3v) is 4.87. The molecule has 7 heteroatoms. The highest BCUT2D eigenvalue weighted by molar-refractivity contribution is 7.09. The smallest absolute Gasteiger partial charge is 0.191 e. The molecule has 0 aliphatic carbocycles. The molecule has 2 heterocycles. The molecule has 0 radical (unpaired) electrons. The van der Waals surface area contributed by atoms with Crippen LogP contribution in [0.1, 0.15) is 29.8 Å². The molecule has 0 bridgehead atoms. The molecule has 1 aliphatic heterocycles. The highest BCUT2D eigenvalue weighted by Crippen LogP contribution is 2.14. The van der Waals surface area contributed by atoms with Crippen LogP contribution >= 0.6 is 11.3 Å². The lowest BCUT2D eigenvalue weighted by molar-refractivity contribution is 0.0203. The minimum atomic E-state index is 0.675. The average molecular weight is 340 g/mol. The molecule has 0 aromatic carbocycles. The van der Waals surface area contributed by atoms with Crippen LogP contribution in [-0.4, -0.2) is 51.0 Å². The van der Waals surface area contributed by atoms with Crippen LogP contribution < -0.4 is 10.6 Å². The highest BCUT2D eigenvalue weighted by Gasteiger charge is 2.13. The molecule has 23 heavy (non-hydrogen) atoms. The van der Waals surface area contributed by atoms with Gasteiger partial charge in [0.15, 0.2) is 5.96 Å². The van der Waals surface area contributed by atoms with E-state index in [2.05, 4.69) is 20.6 Å². The van der Waals surface area contributed by atoms with Gasteiger partial charge < -0.3 is 20.1 Å². The quantitative estimate of drug-likeness (QED) is 0.430. The van der Waals surface area contributed by atoms with Crippen molar-refractivity contribution in [1.82, 2.24) is 15.6 Å². The monoisotopic (exact) mass is 340 g/mol. The van der Waals surface area contributed by atoms with Gasteiger partial charge in [-0.1, -0.05) is 0 Å². The van der Waals surface area contributed by atoms with E-state index in [9.17, 15) is 0 Å². The number of ether oxygens (including phenoxy) is 2. The molecule has 2 rings (SSSR count). The number of aryl methyl sites for hydroxylation is 1. The topological polar surface area (TPSA) is 67.8 Å². The van der Waals surface area contributed by atoms with Gasteiger partial charge in [-0.3, -0.25) is 4.99 Å². The van der Waals surface area contributed by atoms with Crippen molar-refractivity contribution in [2.75, 3.05) is 40.0 Å². The number of hydrogen-bond acceptors (Lipinski definition) is 5. The molecule has 1 aliphatic rings. The summed E-state index contributed by atoms with van der Waals surface area (Å²) in [6, 6.07) is 0. The average Bonchev–Trinajstić information content (AvgIpc) is 2.99. The van der Waals surface area contributed by atoms with E-state index < -0.39 is 0 Å². The number of thiazole rings is 1. The Bertz CT molecular complexity index is 472. The lowest BCUT2D eigenvalue weighted by Gasteiger charge is -2.21. The minimum absolute atomic E-state index is 0.675. The van der Waals surface area contributed by atoms with E-state index in [0.717, 1.165) is 70.4 Å². The molecular formula is C16H28N4O2S. The van der Waals surface area contributed by atoms with Gasteiger partial charge in [0.05, 0.1) is 17.7 Å². The second-order valence-electron chi connectivity index (χ2n) is 5.70. The Labute approximate surface area is 142 Å². The van der Waals surface area contributed by atoms with Gasteiger partial charge >= 0.3 is 0 Å². The van der Waals surface area contributed by atoms with Crippen LogP contribution in [0.2, 0.25) is 0 Å². The minimum Gasteiger partial charge on any atom is -0.381 e. The summed E-state index contributed by atoms with van der Waals surface area (Å²) in [6.45, 7) is 7.06. The predicted octanol–water partition coefficient (Wildman–Crippen LogP) is 1.95. The maximum Gasteiger partial charge on any atom is 0.191 e. The summed E-state index contributed by atoms with van der Waals surface area (Å²) in [4.78, 5) is 9.72. The van der Waals surface area contributed by atoms with Gasteiger partial charge in [0.1, 0.15) is 0 Å². The van der Waals surface area contributed by atoms with Gasteiger partial charge in [0.2, 0.25) is 0 Å². The maximum atomic E-state index is 5.76. The first-order chi connectivity index (χ1) is 11.3. The van der Waals surface area contributed by atoms with Gasteiger partial charge in [-0.05, 0) is 32.1 Å². The summed E-state index contributed by atoms with van der Waals surface area (Å²) in [7, 11) is 1.79. The van der Waals surface area contributed by atoms with Crippen LogP contribution in [0.4, 0.5) is 0 Å². The Morgan fingerprint density at radius 3 is 2.96 bits per heavy atom. The SMILES string of the molecule is CN=C(NCCCOCC1CCOCC1)NCc1scnc1C. The fourth-order valence-corrected chi connectivity index (χ4v) is 3.14. The van der Waals surface area contributed by atoms with E-state index in [0.29, 0.717) is 5.92 Å². The van der Waals surface area contributed by atoms with Crippen molar-refractivity contribution in [3.8, 4) is 0 Å². The van der Waals surface area contributed by atoms with Gasteiger partial charge in [-0.15, -0.1) is 11.3 Å². The second kappa shape index (κ2) is 10.6. The molecule has 0 spiro atoms. The molecule has 0 amide bonds. The first kappa shape index (κ1) is 18.2. The summed E-state index contributed by atoms with van der Waals surface area (Å²) >= 11 is 1.67. The Morgan fingerprint density at radius 2 is 2.26 bits per heavy atom. The number of aliphatic imine (C=N–C) groups is 1. The van der Waals surface area contributed by atoms with Crippen molar-refractivity contribution < 1.29 is 9.47 Å². The summed E-state index contributed by atoms with van der Waals surface area (Å²) in [5.74, 6) is 1.50. The second-order valence-corrected chi connectivity index (χ2v) is 6.64. The highest BCUT2D eigenvalue weighted by atomic mass is 32.1. The van der Waals surface area contributed by atoms with Crippen LogP contribution in [0, 0.1) is 12.8 Å². The Hall–Kier alpha value is -1.18. The number of aromatic nitrogens is 1. The predicted molar refractivity (Wildman–Crippen MR) is 94.0 cm³/mol. The van der Waals surface area contributed by atoms with E-state index >= 15 is 0 Å². The number of rotatable bonds is 8. The standard InChI is InChI=1S/C16H28N4O2S/c1-13-15(23-12-20-13)10-19-16(17-2)18-6-3-7-22-11-14-4-8-21-9-5-14/h12,14H,3-11H2,1-2H3,(H2,17,18,19). The van der Waals surface area contributed by atoms with Crippen molar-refractivity contribution in [1.29, 1.82) is 0 Å². The molecule has 1 saturated heterocycles. The number of guanidine groups is 1. The lowest BCUT2D eigenvalue weighted by Crippen LogP contribution is -2.37. The van der Waals surface area contributed by atoms with E-state index in [1.165, 1.54) is 4.88 Å². The van der Waals surface area contributed by atoms with Gasteiger partial charge in [-0.2, -0.15) is 0 Å². The third-order valence-electron chi connectivity index (χ3n) is 3.94. The largest absolute Gasteiger partial charge is 0.381 e. The molecule has 1 aromatic heterocycles. The van der Waals surface area contributed by atoms with Crippen molar-refractivity contribution in [2.24, 2.45) is 10.9 Å². The third kappa shape index (κ3) is 6.85. The molecule has 1 fully saturated rings. The summed E-state index contributed by atoms with van der Waals surface area (Å²) in [5, 5.41) is 6.62. The van der Waals surface area contributed by atoms with Crippen LogP contribution in [0.3, 0.4) is 0 Å². The Kier molecular flexibility index (Phi) is 8.35. The van der Waals surface area contributed by atoms with E-state index in [4.69, 9.17) is 9.47 Å². The van der Waals surface area contributed by atoms with Crippen LogP contribution in [0.15, 0.2) is 10.5 Å². The molecular weight excluding hydrogens is 312 g/mol. The summed E-state index contributed by atoms with van der Waals surface area (Å²) < 4.78 is 11.1. The van der Waals surface area contributed by atoms with E-state index in [1.54, 1.807) is 18.4 Å². The number of nitrogens with zero attached hydrogens (tertiary/aromatic N) is 2. The van der Waals surface area contributed by atoms with E-state index in [1.807, 2.05) is 12.4 Å². The fourth-order valence-electron chi connectivity index (χ4n) is 2.42. The van der Waals surface area contributed by atoms with Crippen LogP contribution in [0.25, 0.3) is 0 Å². The molecule has 1 aromatic rings. The number of hydrogen-bond donors (Lipinski definition) is 2. The first-order valence-electron chi connectivity index (χ1n) is 8.28. The molecule has 2 N–H and O–H groups in total. The number of nitrogens with one attached hydrogen (secondary N) is 2. The molecule has 0 saturated carbocycles. The lowest BCUT2D eigenvalue weighted by atomic mass is 10.0. The molecule has 0 atom stereocenters. The molecule has 130 valence electrons. The zero-order chi connectivity index (χ0) is 16.3.